The lowest BCUT2D eigenvalue weighted by Crippen LogP contribution is -2.28. The molecule has 1 fully saturated rings. The van der Waals surface area contributed by atoms with Crippen LogP contribution in [-0.2, 0) is 11.2 Å². The molecular formula is C23H21N3O2S. The maximum atomic E-state index is 13.0. The van der Waals surface area contributed by atoms with E-state index >= 15 is 0 Å². The SMILES string of the molecule is Cc1cccc(C(=O)N2CCc3cc(-c4csc(NC(=O)C5CC5)n4)ccc32)c1. The molecule has 6 heteroatoms. The van der Waals surface area contributed by atoms with E-state index in [9.17, 15) is 9.59 Å². The fraction of sp³-hybridized carbons (Fsp3) is 0.261. The van der Waals surface area contributed by atoms with Gasteiger partial charge >= 0.3 is 0 Å². The smallest absolute Gasteiger partial charge is 0.258 e. The standard InChI is InChI=1S/C23H21N3O2S/c1-14-3-2-4-18(11-14)22(28)26-10-9-17-12-16(7-8-20(17)26)19-13-29-23(24-19)25-21(27)15-5-6-15/h2-4,7-8,11-13,15H,5-6,9-10H2,1H3,(H,24,25,27). The van der Waals surface area contributed by atoms with E-state index in [0.717, 1.165) is 52.9 Å². The molecule has 3 aromatic rings. The highest BCUT2D eigenvalue weighted by molar-refractivity contribution is 7.14. The number of thiazole rings is 1. The molecule has 1 N–H and O–H groups in total. The number of amides is 2. The lowest BCUT2D eigenvalue weighted by molar-refractivity contribution is -0.117. The molecule has 0 bridgehead atoms. The number of nitrogens with zero attached hydrogens (tertiary/aromatic N) is 2. The molecular weight excluding hydrogens is 382 g/mol. The highest BCUT2D eigenvalue weighted by Gasteiger charge is 2.30. The van der Waals surface area contributed by atoms with Crippen molar-refractivity contribution in [1.82, 2.24) is 4.98 Å². The van der Waals surface area contributed by atoms with Crippen LogP contribution in [0, 0.1) is 12.8 Å². The molecule has 0 atom stereocenters. The van der Waals surface area contributed by atoms with Gasteiger partial charge in [0.05, 0.1) is 5.69 Å². The minimum absolute atomic E-state index is 0.0407. The second-order valence-corrected chi connectivity index (χ2v) is 8.58. The zero-order valence-electron chi connectivity index (χ0n) is 16.1. The zero-order valence-corrected chi connectivity index (χ0v) is 17.0. The third kappa shape index (κ3) is 3.56. The molecule has 146 valence electrons. The second kappa shape index (κ2) is 7.12. The number of anilines is 2. The Morgan fingerprint density at radius 2 is 2.03 bits per heavy atom. The number of carbonyl (C=O) groups excluding carboxylic acids is 2. The molecule has 0 radical (unpaired) electrons. The fourth-order valence-corrected chi connectivity index (χ4v) is 4.45. The number of hydrogen-bond acceptors (Lipinski definition) is 4. The molecule has 0 unspecified atom stereocenters. The quantitative estimate of drug-likeness (QED) is 0.689. The first-order valence-electron chi connectivity index (χ1n) is 9.87. The van der Waals surface area contributed by atoms with Crippen LogP contribution in [0.1, 0.15) is 34.3 Å². The van der Waals surface area contributed by atoms with Gasteiger partial charge in [0.15, 0.2) is 5.13 Å². The zero-order chi connectivity index (χ0) is 20.0. The summed E-state index contributed by atoms with van der Waals surface area (Å²) in [4.78, 5) is 31.3. The summed E-state index contributed by atoms with van der Waals surface area (Å²) in [6.45, 7) is 2.68. The van der Waals surface area contributed by atoms with Gasteiger partial charge in [0.2, 0.25) is 5.91 Å². The van der Waals surface area contributed by atoms with Crippen LogP contribution in [0.15, 0.2) is 47.8 Å². The van der Waals surface area contributed by atoms with Crippen LogP contribution in [0.5, 0.6) is 0 Å². The fourth-order valence-electron chi connectivity index (χ4n) is 3.72. The maximum absolute atomic E-state index is 13.0. The van der Waals surface area contributed by atoms with Gasteiger partial charge in [-0.05, 0) is 56.0 Å². The Balaban J connectivity index is 1.36. The van der Waals surface area contributed by atoms with Crippen molar-refractivity contribution in [1.29, 1.82) is 0 Å². The van der Waals surface area contributed by atoms with Crippen molar-refractivity contribution >= 4 is 34.0 Å². The molecule has 1 aliphatic heterocycles. The van der Waals surface area contributed by atoms with Gasteiger partial charge < -0.3 is 10.2 Å². The minimum atomic E-state index is 0.0407. The Hall–Kier alpha value is -2.99. The van der Waals surface area contributed by atoms with Crippen molar-refractivity contribution in [2.45, 2.75) is 26.2 Å². The number of hydrogen-bond donors (Lipinski definition) is 1. The lowest BCUT2D eigenvalue weighted by Gasteiger charge is -2.18. The van der Waals surface area contributed by atoms with Crippen LogP contribution in [0.2, 0.25) is 0 Å². The molecule has 2 aromatic carbocycles. The number of nitrogens with one attached hydrogen (secondary N) is 1. The van der Waals surface area contributed by atoms with Crippen molar-refractivity contribution in [2.24, 2.45) is 5.92 Å². The van der Waals surface area contributed by atoms with Crippen LogP contribution in [-0.4, -0.2) is 23.3 Å². The van der Waals surface area contributed by atoms with Crippen molar-refractivity contribution in [3.63, 3.8) is 0 Å². The summed E-state index contributed by atoms with van der Waals surface area (Å²) in [6.07, 6.45) is 2.79. The predicted molar refractivity (Wildman–Crippen MR) is 115 cm³/mol. The van der Waals surface area contributed by atoms with Gasteiger partial charge in [0.25, 0.3) is 5.91 Å². The number of benzene rings is 2. The largest absolute Gasteiger partial charge is 0.308 e. The van der Waals surface area contributed by atoms with Crippen LogP contribution in [0.25, 0.3) is 11.3 Å². The van der Waals surface area contributed by atoms with E-state index in [1.54, 1.807) is 0 Å². The summed E-state index contributed by atoms with van der Waals surface area (Å²) in [5, 5.41) is 5.52. The van der Waals surface area contributed by atoms with E-state index in [-0.39, 0.29) is 17.7 Å². The average Bonchev–Trinajstić information content (AvgIpc) is 3.34. The van der Waals surface area contributed by atoms with Crippen molar-refractivity contribution in [2.75, 3.05) is 16.8 Å². The second-order valence-electron chi connectivity index (χ2n) is 7.72. The number of aromatic nitrogens is 1. The van der Waals surface area contributed by atoms with Gasteiger partial charge in [-0.25, -0.2) is 4.98 Å². The van der Waals surface area contributed by atoms with E-state index in [0.29, 0.717) is 11.7 Å². The normalized spacial score (nSPS) is 15.3. The molecule has 0 spiro atoms. The van der Waals surface area contributed by atoms with Gasteiger partial charge in [-0.15, -0.1) is 11.3 Å². The van der Waals surface area contributed by atoms with Gasteiger partial charge in [0.1, 0.15) is 0 Å². The maximum Gasteiger partial charge on any atom is 0.258 e. The summed E-state index contributed by atoms with van der Waals surface area (Å²) < 4.78 is 0. The Labute approximate surface area is 173 Å². The lowest BCUT2D eigenvalue weighted by atomic mass is 10.1. The Morgan fingerprint density at radius 1 is 1.17 bits per heavy atom. The molecule has 2 aliphatic rings. The van der Waals surface area contributed by atoms with Crippen molar-refractivity contribution in [3.8, 4) is 11.3 Å². The molecule has 5 rings (SSSR count). The van der Waals surface area contributed by atoms with Crippen LogP contribution >= 0.6 is 11.3 Å². The molecule has 0 saturated heterocycles. The number of fused-ring (bicyclic) bond motifs is 1. The molecule has 1 aromatic heterocycles. The van der Waals surface area contributed by atoms with E-state index in [4.69, 9.17) is 0 Å². The van der Waals surface area contributed by atoms with E-state index in [2.05, 4.69) is 16.4 Å². The monoisotopic (exact) mass is 403 g/mol. The summed E-state index contributed by atoms with van der Waals surface area (Å²) >= 11 is 1.45. The predicted octanol–water partition coefficient (Wildman–Crippen LogP) is 4.67. The Bertz CT molecular complexity index is 1120. The topological polar surface area (TPSA) is 62.3 Å². The molecule has 2 amide bonds. The van der Waals surface area contributed by atoms with Gasteiger partial charge in [-0.1, -0.05) is 23.8 Å². The number of rotatable bonds is 4. The highest BCUT2D eigenvalue weighted by Crippen LogP contribution is 2.35. The summed E-state index contributed by atoms with van der Waals surface area (Å²) in [5.41, 5.74) is 5.79. The van der Waals surface area contributed by atoms with Crippen LogP contribution in [0.4, 0.5) is 10.8 Å². The Morgan fingerprint density at radius 3 is 2.83 bits per heavy atom. The molecule has 1 saturated carbocycles. The molecule has 5 nitrogen and oxygen atoms in total. The highest BCUT2D eigenvalue weighted by atomic mass is 32.1. The average molecular weight is 404 g/mol. The summed E-state index contributed by atoms with van der Waals surface area (Å²) in [7, 11) is 0. The summed E-state index contributed by atoms with van der Waals surface area (Å²) in [6, 6.07) is 13.8. The first-order chi connectivity index (χ1) is 14.1. The van der Waals surface area contributed by atoms with E-state index < -0.39 is 0 Å². The first kappa shape index (κ1) is 18.1. The van der Waals surface area contributed by atoms with Crippen molar-refractivity contribution < 1.29 is 9.59 Å². The van der Waals surface area contributed by atoms with E-state index in [1.165, 1.54) is 11.3 Å². The molecule has 1 aliphatic carbocycles. The molecule has 2 heterocycles. The van der Waals surface area contributed by atoms with Gasteiger partial charge in [-0.2, -0.15) is 0 Å². The van der Waals surface area contributed by atoms with Gasteiger partial charge in [-0.3, -0.25) is 9.59 Å². The third-order valence-corrected chi connectivity index (χ3v) is 6.22. The minimum Gasteiger partial charge on any atom is -0.308 e. The van der Waals surface area contributed by atoms with Crippen molar-refractivity contribution in [3.05, 3.63) is 64.5 Å². The Kier molecular flexibility index (Phi) is 4.43. The summed E-state index contributed by atoms with van der Waals surface area (Å²) in [5.74, 6) is 0.281. The first-order valence-corrected chi connectivity index (χ1v) is 10.7. The van der Waals surface area contributed by atoms with Gasteiger partial charge in [0, 0.05) is 34.7 Å². The number of aryl methyl sites for hydroxylation is 1. The third-order valence-electron chi connectivity index (χ3n) is 5.46. The van der Waals surface area contributed by atoms with Crippen LogP contribution < -0.4 is 10.2 Å². The molecule has 29 heavy (non-hydrogen) atoms. The number of carbonyl (C=O) groups is 2. The van der Waals surface area contributed by atoms with E-state index in [1.807, 2.05) is 53.6 Å². The van der Waals surface area contributed by atoms with Crippen LogP contribution in [0.3, 0.4) is 0 Å².